The number of anilines is 1. The van der Waals surface area contributed by atoms with Crippen LogP contribution in [0.4, 0.5) is 5.69 Å². The van der Waals surface area contributed by atoms with Crippen LogP contribution in [0.5, 0.6) is 0 Å². The lowest BCUT2D eigenvalue weighted by molar-refractivity contribution is -0.123. The molecule has 0 bridgehead atoms. The van der Waals surface area contributed by atoms with E-state index < -0.39 is 10.0 Å². The van der Waals surface area contributed by atoms with Crippen molar-refractivity contribution in [1.29, 1.82) is 0 Å². The Morgan fingerprint density at radius 2 is 1.70 bits per heavy atom. The highest BCUT2D eigenvalue weighted by Gasteiger charge is 2.24. The maximum atomic E-state index is 12.7. The topological polar surface area (TPSA) is 78.5 Å². The second-order valence-corrected chi connectivity index (χ2v) is 8.69. The zero-order chi connectivity index (χ0) is 19.9. The molecule has 0 saturated heterocycles. The van der Waals surface area contributed by atoms with E-state index in [9.17, 15) is 13.2 Å². The van der Waals surface area contributed by atoms with Gasteiger partial charge >= 0.3 is 0 Å². The highest BCUT2D eigenvalue weighted by atomic mass is 32.2. The summed E-state index contributed by atoms with van der Waals surface area (Å²) in [6.45, 7) is 7.58. The van der Waals surface area contributed by atoms with Crippen LogP contribution in [0.25, 0.3) is 0 Å². The van der Waals surface area contributed by atoms with Crippen LogP contribution in [-0.2, 0) is 14.8 Å². The van der Waals surface area contributed by atoms with E-state index in [0.717, 1.165) is 25.7 Å². The zero-order valence-electron chi connectivity index (χ0n) is 15.2. The first-order valence-corrected chi connectivity index (χ1v) is 10.7. The average Bonchev–Trinajstić information content (AvgIpc) is 3.16. The fraction of sp³-hybridized carbons (Fsp3) is 0.368. The van der Waals surface area contributed by atoms with Crippen molar-refractivity contribution in [2.45, 2.75) is 30.6 Å². The second-order valence-electron chi connectivity index (χ2n) is 6.35. The lowest BCUT2D eigenvalue weighted by Crippen LogP contribution is -2.37. The SMILES string of the molecule is C=CCN(CC=C)S(=O)(=O)c1ccc(NC(=S)NC(=O)C2CCCC2)cc1. The minimum absolute atomic E-state index is 0.0259. The van der Waals surface area contributed by atoms with Crippen molar-refractivity contribution in [2.24, 2.45) is 5.92 Å². The van der Waals surface area contributed by atoms with Crippen molar-refractivity contribution >= 4 is 38.9 Å². The molecule has 1 aliphatic carbocycles. The molecule has 0 aromatic heterocycles. The van der Waals surface area contributed by atoms with E-state index in [4.69, 9.17) is 12.2 Å². The van der Waals surface area contributed by atoms with E-state index in [2.05, 4.69) is 23.8 Å². The van der Waals surface area contributed by atoms with Gasteiger partial charge in [0, 0.05) is 24.7 Å². The first-order valence-electron chi connectivity index (χ1n) is 8.82. The van der Waals surface area contributed by atoms with Gasteiger partial charge in [-0.25, -0.2) is 8.42 Å². The molecular weight excluding hydrogens is 382 g/mol. The zero-order valence-corrected chi connectivity index (χ0v) is 16.8. The summed E-state index contributed by atoms with van der Waals surface area (Å²) in [5.41, 5.74) is 0.602. The molecule has 2 rings (SSSR count). The molecule has 6 nitrogen and oxygen atoms in total. The summed E-state index contributed by atoms with van der Waals surface area (Å²) in [7, 11) is -3.64. The molecule has 1 aromatic carbocycles. The molecule has 0 spiro atoms. The number of amides is 1. The fourth-order valence-electron chi connectivity index (χ4n) is 2.98. The van der Waals surface area contributed by atoms with Crippen LogP contribution in [0.1, 0.15) is 25.7 Å². The van der Waals surface area contributed by atoms with Crippen LogP contribution in [0.3, 0.4) is 0 Å². The smallest absolute Gasteiger partial charge is 0.243 e. The Balaban J connectivity index is 2.01. The van der Waals surface area contributed by atoms with Crippen molar-refractivity contribution in [3.05, 3.63) is 49.6 Å². The Bertz CT molecular complexity index is 788. The first kappa shape index (κ1) is 21.3. The third kappa shape index (κ3) is 5.72. The lowest BCUT2D eigenvalue weighted by atomic mass is 10.1. The number of carbonyl (C=O) groups is 1. The molecule has 0 radical (unpaired) electrons. The Hall–Kier alpha value is -2.03. The number of rotatable bonds is 8. The van der Waals surface area contributed by atoms with Crippen molar-refractivity contribution in [3.63, 3.8) is 0 Å². The van der Waals surface area contributed by atoms with Crippen molar-refractivity contribution in [2.75, 3.05) is 18.4 Å². The van der Waals surface area contributed by atoms with Gasteiger partial charge < -0.3 is 10.6 Å². The molecule has 1 amide bonds. The molecule has 8 heteroatoms. The Morgan fingerprint density at radius 1 is 1.15 bits per heavy atom. The first-order chi connectivity index (χ1) is 12.9. The van der Waals surface area contributed by atoms with Crippen molar-refractivity contribution in [1.82, 2.24) is 9.62 Å². The molecule has 146 valence electrons. The molecule has 0 aliphatic heterocycles. The summed E-state index contributed by atoms with van der Waals surface area (Å²) < 4.78 is 26.6. The highest BCUT2D eigenvalue weighted by Crippen LogP contribution is 2.24. The minimum Gasteiger partial charge on any atom is -0.332 e. The number of carbonyl (C=O) groups excluding carboxylic acids is 1. The van der Waals surface area contributed by atoms with Crippen LogP contribution >= 0.6 is 12.2 Å². The number of hydrogen-bond acceptors (Lipinski definition) is 4. The molecule has 1 aliphatic rings. The van der Waals surface area contributed by atoms with E-state index in [0.29, 0.717) is 5.69 Å². The van der Waals surface area contributed by atoms with Crippen LogP contribution < -0.4 is 10.6 Å². The number of thiocarbonyl (C=S) groups is 1. The number of hydrogen-bond donors (Lipinski definition) is 2. The van der Waals surface area contributed by atoms with E-state index in [1.165, 1.54) is 28.6 Å². The molecular formula is C19H25N3O3S2. The van der Waals surface area contributed by atoms with E-state index in [-0.39, 0.29) is 34.9 Å². The van der Waals surface area contributed by atoms with Crippen LogP contribution in [-0.4, -0.2) is 36.8 Å². The largest absolute Gasteiger partial charge is 0.332 e. The van der Waals surface area contributed by atoms with Gasteiger partial charge in [-0.15, -0.1) is 13.2 Å². The molecule has 0 atom stereocenters. The maximum Gasteiger partial charge on any atom is 0.243 e. The van der Waals surface area contributed by atoms with Gasteiger partial charge in [-0.3, -0.25) is 4.79 Å². The van der Waals surface area contributed by atoms with Gasteiger partial charge in [0.1, 0.15) is 0 Å². The Morgan fingerprint density at radius 3 is 2.22 bits per heavy atom. The molecule has 1 aromatic rings. The molecule has 0 unspecified atom stereocenters. The molecule has 0 heterocycles. The minimum atomic E-state index is -3.64. The second kappa shape index (κ2) is 9.77. The van der Waals surface area contributed by atoms with Gasteiger partial charge in [-0.05, 0) is 49.3 Å². The maximum absolute atomic E-state index is 12.7. The fourth-order valence-corrected chi connectivity index (χ4v) is 4.58. The van der Waals surface area contributed by atoms with Crippen LogP contribution in [0.15, 0.2) is 54.5 Å². The number of benzene rings is 1. The van der Waals surface area contributed by atoms with Gasteiger partial charge in [0.15, 0.2) is 5.11 Å². The summed E-state index contributed by atoms with van der Waals surface area (Å²) in [5.74, 6) is -0.0355. The van der Waals surface area contributed by atoms with Gasteiger partial charge in [-0.2, -0.15) is 4.31 Å². The summed E-state index contributed by atoms with van der Waals surface area (Å²) in [6, 6.07) is 6.22. The number of nitrogens with zero attached hydrogens (tertiary/aromatic N) is 1. The van der Waals surface area contributed by atoms with Gasteiger partial charge in [0.05, 0.1) is 4.90 Å². The molecule has 2 N–H and O–H groups in total. The predicted octanol–water partition coefficient (Wildman–Crippen LogP) is 3.05. The van der Waals surface area contributed by atoms with Crippen molar-refractivity contribution < 1.29 is 13.2 Å². The number of nitrogens with one attached hydrogen (secondary N) is 2. The lowest BCUT2D eigenvalue weighted by Gasteiger charge is -2.19. The third-order valence-corrected chi connectivity index (χ3v) is 6.43. The summed E-state index contributed by atoms with van der Waals surface area (Å²) in [5, 5.41) is 5.82. The summed E-state index contributed by atoms with van der Waals surface area (Å²) in [4.78, 5) is 12.3. The molecule has 1 saturated carbocycles. The average molecular weight is 408 g/mol. The summed E-state index contributed by atoms with van der Waals surface area (Å²) >= 11 is 5.17. The van der Waals surface area contributed by atoms with Gasteiger partial charge in [0.25, 0.3) is 0 Å². The standard InChI is InChI=1S/C19H25N3O3S2/c1-3-13-22(14-4-2)27(24,25)17-11-9-16(10-12-17)20-19(26)21-18(23)15-7-5-6-8-15/h3-4,9-12,15H,1-2,5-8,13-14H2,(H2,20,21,23,26). The normalized spacial score (nSPS) is 14.7. The van der Waals surface area contributed by atoms with Gasteiger partial charge in [-0.1, -0.05) is 25.0 Å². The van der Waals surface area contributed by atoms with Crippen molar-refractivity contribution in [3.8, 4) is 0 Å². The third-order valence-electron chi connectivity index (χ3n) is 4.38. The monoisotopic (exact) mass is 407 g/mol. The summed E-state index contributed by atoms with van der Waals surface area (Å²) in [6.07, 6.45) is 7.00. The van der Waals surface area contributed by atoms with E-state index >= 15 is 0 Å². The number of sulfonamides is 1. The van der Waals surface area contributed by atoms with E-state index in [1.54, 1.807) is 12.1 Å². The highest BCUT2D eigenvalue weighted by molar-refractivity contribution is 7.89. The van der Waals surface area contributed by atoms with E-state index in [1.807, 2.05) is 0 Å². The quantitative estimate of drug-likeness (QED) is 0.512. The molecule has 1 fully saturated rings. The molecule has 27 heavy (non-hydrogen) atoms. The Labute approximate surface area is 166 Å². The predicted molar refractivity (Wildman–Crippen MR) is 112 cm³/mol. The Kier molecular flexibility index (Phi) is 7.70. The van der Waals surface area contributed by atoms with Crippen LogP contribution in [0, 0.1) is 5.92 Å². The van der Waals surface area contributed by atoms with Gasteiger partial charge in [0.2, 0.25) is 15.9 Å². The van der Waals surface area contributed by atoms with Crippen LogP contribution in [0.2, 0.25) is 0 Å².